The summed E-state index contributed by atoms with van der Waals surface area (Å²) in [6.07, 6.45) is 0.978. The highest BCUT2D eigenvalue weighted by Crippen LogP contribution is 2.36. The molecule has 0 atom stereocenters. The maximum atomic E-state index is 12.8. The van der Waals surface area contributed by atoms with Gasteiger partial charge in [-0.3, -0.25) is 4.79 Å². The van der Waals surface area contributed by atoms with E-state index in [1.54, 1.807) is 6.07 Å². The number of nitrogen functional groups attached to an aromatic ring is 1. The van der Waals surface area contributed by atoms with Crippen molar-refractivity contribution in [1.82, 2.24) is 4.98 Å². The summed E-state index contributed by atoms with van der Waals surface area (Å²) in [6.45, 7) is 12.5. The van der Waals surface area contributed by atoms with E-state index >= 15 is 0 Å². The quantitative estimate of drug-likeness (QED) is 0.490. The van der Waals surface area contributed by atoms with Crippen molar-refractivity contribution in [3.63, 3.8) is 0 Å². The van der Waals surface area contributed by atoms with Crippen molar-refractivity contribution in [2.24, 2.45) is 5.92 Å². The number of aromatic nitrogens is 1. The lowest BCUT2D eigenvalue weighted by atomic mass is 9.79. The molecule has 1 aliphatic heterocycles. The van der Waals surface area contributed by atoms with E-state index in [1.807, 2.05) is 82.3 Å². The fourth-order valence-corrected chi connectivity index (χ4v) is 3.96. The molecule has 3 aromatic rings. The van der Waals surface area contributed by atoms with Crippen LogP contribution in [0.15, 0.2) is 60.7 Å². The minimum atomic E-state index is -0.421. The third-order valence-electron chi connectivity index (χ3n) is 6.75. The predicted octanol–water partition coefficient (Wildman–Crippen LogP) is 5.08. The lowest BCUT2D eigenvalue weighted by Crippen LogP contribution is -2.41. The van der Waals surface area contributed by atoms with Crippen LogP contribution in [0, 0.1) is 5.92 Å². The molecule has 2 aromatic carbocycles. The minimum Gasteiger partial charge on any atom is -0.399 e. The normalized spacial score (nSPS) is 16.5. The van der Waals surface area contributed by atoms with Crippen LogP contribution in [0.5, 0.6) is 0 Å². The van der Waals surface area contributed by atoms with Crippen LogP contribution in [0.3, 0.4) is 0 Å². The summed E-state index contributed by atoms with van der Waals surface area (Å²) in [6, 6.07) is 19.1. The van der Waals surface area contributed by atoms with Gasteiger partial charge in [-0.25, -0.2) is 4.98 Å². The van der Waals surface area contributed by atoms with E-state index in [9.17, 15) is 4.79 Å². The smallest absolute Gasteiger partial charge is 0.399 e. The van der Waals surface area contributed by atoms with E-state index in [1.165, 1.54) is 5.56 Å². The molecule has 0 unspecified atom stereocenters. The van der Waals surface area contributed by atoms with Crippen LogP contribution in [0.2, 0.25) is 0 Å². The molecule has 0 bridgehead atoms. The maximum absolute atomic E-state index is 12.8. The van der Waals surface area contributed by atoms with E-state index in [4.69, 9.17) is 15.0 Å². The molecule has 0 aliphatic carbocycles. The van der Waals surface area contributed by atoms with Gasteiger partial charge in [-0.15, -0.1) is 0 Å². The summed E-state index contributed by atoms with van der Waals surface area (Å²) in [5.74, 6) is 0.662. The lowest BCUT2D eigenvalue weighted by Gasteiger charge is -2.32. The molecule has 182 valence electrons. The van der Waals surface area contributed by atoms with Gasteiger partial charge in [0.1, 0.15) is 0 Å². The standard InChI is InChI=1S/C28H34BN3O3/c1-18(2)17-19-7-9-21(10-8-19)26(33)32-25-23(30)15-16-24(31-25)20-11-13-22(14-12-20)29-34-27(3,4)28(5,6)35-29/h7-16,18H,17,30H2,1-6H3,(H,31,32,33). The van der Waals surface area contributed by atoms with Crippen LogP contribution < -0.4 is 16.5 Å². The monoisotopic (exact) mass is 471 g/mol. The van der Waals surface area contributed by atoms with Gasteiger partial charge in [-0.1, -0.05) is 50.2 Å². The van der Waals surface area contributed by atoms with Gasteiger partial charge in [0, 0.05) is 11.1 Å². The van der Waals surface area contributed by atoms with Gasteiger partial charge in [0.25, 0.3) is 5.91 Å². The summed E-state index contributed by atoms with van der Waals surface area (Å²) in [7, 11) is -0.421. The largest absolute Gasteiger partial charge is 0.494 e. The number of nitrogens with one attached hydrogen (secondary N) is 1. The summed E-state index contributed by atoms with van der Waals surface area (Å²) in [5.41, 5.74) is 10.1. The number of amides is 1. The Morgan fingerprint density at radius 1 is 0.943 bits per heavy atom. The molecule has 1 amide bonds. The Morgan fingerprint density at radius 3 is 2.11 bits per heavy atom. The molecular weight excluding hydrogens is 437 g/mol. The van der Waals surface area contributed by atoms with Crippen molar-refractivity contribution in [1.29, 1.82) is 0 Å². The molecule has 0 saturated carbocycles. The molecule has 3 N–H and O–H groups in total. The molecule has 1 saturated heterocycles. The van der Waals surface area contributed by atoms with Gasteiger partial charge in [-0.05, 0) is 75.3 Å². The fraction of sp³-hybridized carbons (Fsp3) is 0.357. The summed E-state index contributed by atoms with van der Waals surface area (Å²) in [4.78, 5) is 17.4. The molecule has 4 rings (SSSR count). The number of rotatable bonds is 6. The number of hydrogen-bond donors (Lipinski definition) is 2. The highest BCUT2D eigenvalue weighted by molar-refractivity contribution is 6.62. The Hall–Kier alpha value is -3.16. The number of carbonyl (C=O) groups excluding carboxylic acids is 1. The number of benzene rings is 2. The third-order valence-corrected chi connectivity index (χ3v) is 6.75. The van der Waals surface area contributed by atoms with Gasteiger partial charge in [0.15, 0.2) is 5.82 Å². The van der Waals surface area contributed by atoms with Crippen molar-refractivity contribution in [2.45, 2.75) is 59.2 Å². The maximum Gasteiger partial charge on any atom is 0.494 e. The van der Waals surface area contributed by atoms with Gasteiger partial charge < -0.3 is 20.4 Å². The number of nitrogens with zero attached hydrogens (tertiary/aromatic N) is 1. The number of anilines is 2. The van der Waals surface area contributed by atoms with Crippen LogP contribution in [-0.4, -0.2) is 29.2 Å². The fourth-order valence-electron chi connectivity index (χ4n) is 3.96. The second-order valence-corrected chi connectivity index (χ2v) is 10.6. The van der Waals surface area contributed by atoms with Gasteiger partial charge in [0.05, 0.1) is 22.6 Å². The van der Waals surface area contributed by atoms with Crippen molar-refractivity contribution in [2.75, 3.05) is 11.1 Å². The van der Waals surface area contributed by atoms with E-state index in [0.717, 1.165) is 17.4 Å². The number of hydrogen-bond acceptors (Lipinski definition) is 5. The van der Waals surface area contributed by atoms with Gasteiger partial charge in [-0.2, -0.15) is 0 Å². The second-order valence-electron chi connectivity index (χ2n) is 10.6. The zero-order valence-corrected chi connectivity index (χ0v) is 21.4. The first kappa shape index (κ1) is 25.0. The van der Waals surface area contributed by atoms with Crippen LogP contribution in [-0.2, 0) is 15.7 Å². The number of nitrogens with two attached hydrogens (primary N) is 1. The molecule has 0 spiro atoms. The van der Waals surface area contributed by atoms with Crippen molar-refractivity contribution < 1.29 is 14.1 Å². The molecule has 1 fully saturated rings. The van der Waals surface area contributed by atoms with Crippen molar-refractivity contribution in [3.8, 4) is 11.3 Å². The zero-order chi connectivity index (χ0) is 25.4. The Bertz CT molecular complexity index is 1190. The third kappa shape index (κ3) is 5.41. The van der Waals surface area contributed by atoms with Crippen molar-refractivity contribution >= 4 is 30.0 Å². The predicted molar refractivity (Wildman–Crippen MR) is 143 cm³/mol. The first-order valence-corrected chi connectivity index (χ1v) is 12.1. The zero-order valence-electron chi connectivity index (χ0n) is 21.4. The van der Waals surface area contributed by atoms with Crippen LogP contribution in [0.1, 0.15) is 57.5 Å². The molecule has 6 nitrogen and oxygen atoms in total. The van der Waals surface area contributed by atoms with Crippen LogP contribution in [0.25, 0.3) is 11.3 Å². The first-order chi connectivity index (χ1) is 16.4. The van der Waals surface area contributed by atoms with Gasteiger partial charge in [0.2, 0.25) is 0 Å². The molecule has 2 heterocycles. The highest BCUT2D eigenvalue weighted by atomic mass is 16.7. The van der Waals surface area contributed by atoms with Gasteiger partial charge >= 0.3 is 7.12 Å². The minimum absolute atomic E-state index is 0.242. The molecule has 7 heteroatoms. The Labute approximate surface area is 208 Å². The first-order valence-electron chi connectivity index (χ1n) is 12.1. The Balaban J connectivity index is 1.49. The number of carbonyl (C=O) groups is 1. The summed E-state index contributed by atoms with van der Waals surface area (Å²) >= 11 is 0. The van der Waals surface area contributed by atoms with Crippen LogP contribution in [0.4, 0.5) is 11.5 Å². The van der Waals surface area contributed by atoms with Crippen molar-refractivity contribution in [3.05, 3.63) is 71.8 Å². The van der Waals surface area contributed by atoms with E-state index in [0.29, 0.717) is 28.7 Å². The van der Waals surface area contributed by atoms with E-state index < -0.39 is 18.3 Å². The molecule has 35 heavy (non-hydrogen) atoms. The SMILES string of the molecule is CC(C)Cc1ccc(C(=O)Nc2nc(-c3ccc(B4OC(C)(C)C(C)(C)O4)cc3)ccc2N)cc1. The molecule has 0 radical (unpaired) electrons. The summed E-state index contributed by atoms with van der Waals surface area (Å²) < 4.78 is 12.3. The number of pyridine rings is 1. The van der Waals surface area contributed by atoms with Crippen LogP contribution >= 0.6 is 0 Å². The molecule has 1 aromatic heterocycles. The van der Waals surface area contributed by atoms with E-state index in [2.05, 4.69) is 24.1 Å². The average molecular weight is 471 g/mol. The Kier molecular flexibility index (Phi) is 6.76. The van der Waals surface area contributed by atoms with E-state index in [-0.39, 0.29) is 5.91 Å². The highest BCUT2D eigenvalue weighted by Gasteiger charge is 2.51. The topological polar surface area (TPSA) is 86.5 Å². The molecule has 1 aliphatic rings. The average Bonchev–Trinajstić information content (AvgIpc) is 3.02. The molecular formula is C28H34BN3O3. The Morgan fingerprint density at radius 2 is 1.54 bits per heavy atom. The second kappa shape index (κ2) is 9.48. The summed E-state index contributed by atoms with van der Waals surface area (Å²) in [5, 5.41) is 2.86. The lowest BCUT2D eigenvalue weighted by molar-refractivity contribution is 0.00578.